The molecule has 4 aromatic rings. The van der Waals surface area contributed by atoms with Crippen LogP contribution in [0.15, 0.2) is 47.6 Å². The first kappa shape index (κ1) is 31.4. The Hall–Kier alpha value is -4.07. The SMILES string of the molecule is CCOC(=O)c1c(NC(=O)CSc2nnc(CNC(=O)c3cc(OC)cc(OC)c3)n2-c2cccc(Cl)c2)sc2c1CCC2. The van der Waals surface area contributed by atoms with Crippen molar-refractivity contribution in [3.63, 3.8) is 0 Å². The van der Waals surface area contributed by atoms with Gasteiger partial charge in [-0.3, -0.25) is 14.2 Å². The number of nitrogens with zero attached hydrogens (tertiary/aromatic N) is 3. The first-order valence-electron chi connectivity index (χ1n) is 13.8. The van der Waals surface area contributed by atoms with Crippen LogP contribution in [0.25, 0.3) is 5.69 Å². The molecule has 11 nitrogen and oxygen atoms in total. The molecule has 2 aromatic heterocycles. The van der Waals surface area contributed by atoms with Crippen molar-refractivity contribution in [1.29, 1.82) is 0 Å². The van der Waals surface area contributed by atoms with E-state index in [0.29, 0.717) is 49.3 Å². The highest BCUT2D eigenvalue weighted by Gasteiger charge is 2.28. The number of fused-ring (bicyclic) bond motifs is 1. The number of amides is 2. The summed E-state index contributed by atoms with van der Waals surface area (Å²) in [7, 11) is 3.02. The zero-order valence-electron chi connectivity index (χ0n) is 24.3. The van der Waals surface area contributed by atoms with Crippen molar-refractivity contribution in [2.24, 2.45) is 0 Å². The number of carbonyl (C=O) groups is 3. The molecule has 0 unspecified atom stereocenters. The maximum absolute atomic E-state index is 13.1. The first-order valence-corrected chi connectivity index (χ1v) is 15.9. The lowest BCUT2D eigenvalue weighted by Crippen LogP contribution is -2.24. The van der Waals surface area contributed by atoms with Gasteiger partial charge in [0.05, 0.1) is 44.4 Å². The van der Waals surface area contributed by atoms with Crippen molar-refractivity contribution in [3.8, 4) is 17.2 Å². The van der Waals surface area contributed by atoms with E-state index in [4.69, 9.17) is 25.8 Å². The number of benzene rings is 2. The molecule has 0 aliphatic heterocycles. The number of halogens is 1. The summed E-state index contributed by atoms with van der Waals surface area (Å²) < 4.78 is 17.6. The Morgan fingerprint density at radius 1 is 1.07 bits per heavy atom. The maximum Gasteiger partial charge on any atom is 0.341 e. The van der Waals surface area contributed by atoms with Crippen LogP contribution in [-0.4, -0.2) is 59.1 Å². The fourth-order valence-corrected chi connectivity index (χ4v) is 7.04. The van der Waals surface area contributed by atoms with Gasteiger partial charge in [-0.15, -0.1) is 21.5 Å². The third kappa shape index (κ3) is 7.01. The largest absolute Gasteiger partial charge is 0.497 e. The number of aromatic nitrogens is 3. The Labute approximate surface area is 267 Å². The second-order valence-corrected chi connectivity index (χ2v) is 12.1. The summed E-state index contributed by atoms with van der Waals surface area (Å²) in [5, 5.41) is 15.8. The number of ether oxygens (including phenoxy) is 3. The minimum Gasteiger partial charge on any atom is -0.497 e. The van der Waals surface area contributed by atoms with Crippen LogP contribution in [0.3, 0.4) is 0 Å². The molecule has 0 radical (unpaired) electrons. The van der Waals surface area contributed by atoms with Gasteiger partial charge in [0.2, 0.25) is 5.91 Å². The van der Waals surface area contributed by atoms with E-state index in [2.05, 4.69) is 20.8 Å². The Bertz CT molecular complexity index is 1680. The van der Waals surface area contributed by atoms with E-state index in [-0.39, 0.29) is 30.7 Å². The van der Waals surface area contributed by atoms with Gasteiger partial charge in [-0.1, -0.05) is 29.4 Å². The average molecular weight is 656 g/mol. The van der Waals surface area contributed by atoms with Crippen LogP contribution in [0, 0.1) is 0 Å². The average Bonchev–Trinajstić information content (AvgIpc) is 3.73. The molecule has 5 rings (SSSR count). The van der Waals surface area contributed by atoms with E-state index in [1.165, 1.54) is 37.3 Å². The number of anilines is 1. The van der Waals surface area contributed by atoms with Gasteiger partial charge in [0, 0.05) is 21.5 Å². The molecule has 1 aliphatic rings. The number of hydrogen-bond acceptors (Lipinski definition) is 10. The smallest absolute Gasteiger partial charge is 0.341 e. The van der Waals surface area contributed by atoms with Crippen LogP contribution < -0.4 is 20.1 Å². The molecule has 0 spiro atoms. The standard InChI is InChI=1S/C30H30ClN5O6S2/c1-4-42-29(39)26-22-9-6-10-23(22)44-28(26)33-25(37)16-43-30-35-34-24(36(30)19-8-5-7-18(31)13-19)15-32-27(38)17-11-20(40-2)14-21(12-17)41-3/h5,7-8,11-14H,4,6,9-10,15-16H2,1-3H3,(H,32,38)(H,33,37). The van der Waals surface area contributed by atoms with E-state index in [1.807, 2.05) is 6.07 Å². The van der Waals surface area contributed by atoms with E-state index < -0.39 is 5.97 Å². The van der Waals surface area contributed by atoms with Crippen molar-refractivity contribution in [3.05, 3.63) is 74.9 Å². The molecule has 44 heavy (non-hydrogen) atoms. The van der Waals surface area contributed by atoms with E-state index in [9.17, 15) is 14.4 Å². The second kappa shape index (κ2) is 14.1. The normalized spacial score (nSPS) is 12.0. The summed E-state index contributed by atoms with van der Waals surface area (Å²) in [6, 6.07) is 12.0. The molecule has 2 aromatic carbocycles. The fraction of sp³-hybridized carbons (Fsp3) is 0.300. The zero-order chi connectivity index (χ0) is 31.2. The minimum atomic E-state index is -0.422. The molecule has 230 valence electrons. The van der Waals surface area contributed by atoms with Gasteiger partial charge >= 0.3 is 5.97 Å². The molecule has 2 heterocycles. The predicted octanol–water partition coefficient (Wildman–Crippen LogP) is 5.33. The van der Waals surface area contributed by atoms with Gasteiger partial charge in [0.25, 0.3) is 5.91 Å². The van der Waals surface area contributed by atoms with Crippen molar-refractivity contribution >= 4 is 57.5 Å². The molecule has 1 aliphatic carbocycles. The lowest BCUT2D eigenvalue weighted by atomic mass is 10.1. The Kier molecular flexibility index (Phi) is 10.1. The number of carbonyl (C=O) groups excluding carboxylic acids is 3. The summed E-state index contributed by atoms with van der Waals surface area (Å²) >= 11 is 8.88. The van der Waals surface area contributed by atoms with Crippen LogP contribution in [-0.2, 0) is 28.9 Å². The van der Waals surface area contributed by atoms with E-state index in [1.54, 1.807) is 47.9 Å². The summed E-state index contributed by atoms with van der Waals surface area (Å²) in [6.07, 6.45) is 2.65. The quantitative estimate of drug-likeness (QED) is 0.154. The number of aryl methyl sites for hydroxylation is 1. The monoisotopic (exact) mass is 655 g/mol. The summed E-state index contributed by atoms with van der Waals surface area (Å²) in [5.41, 5.74) is 2.44. The summed E-state index contributed by atoms with van der Waals surface area (Å²) in [4.78, 5) is 39.9. The Morgan fingerprint density at radius 3 is 2.55 bits per heavy atom. The van der Waals surface area contributed by atoms with E-state index >= 15 is 0 Å². The van der Waals surface area contributed by atoms with Gasteiger partial charge in [0.15, 0.2) is 11.0 Å². The van der Waals surface area contributed by atoms with Gasteiger partial charge < -0.3 is 24.8 Å². The predicted molar refractivity (Wildman–Crippen MR) is 169 cm³/mol. The zero-order valence-corrected chi connectivity index (χ0v) is 26.7. The molecule has 0 atom stereocenters. The number of esters is 1. The van der Waals surface area contributed by atoms with Crippen molar-refractivity contribution in [2.45, 2.75) is 37.9 Å². The minimum absolute atomic E-state index is 0.000501. The highest BCUT2D eigenvalue weighted by Crippen LogP contribution is 2.39. The topological polar surface area (TPSA) is 134 Å². The lowest BCUT2D eigenvalue weighted by molar-refractivity contribution is -0.113. The molecular weight excluding hydrogens is 626 g/mol. The number of hydrogen-bond donors (Lipinski definition) is 2. The van der Waals surface area contributed by atoms with Gasteiger partial charge in [0.1, 0.15) is 16.5 Å². The van der Waals surface area contributed by atoms with Crippen LogP contribution in [0.1, 0.15) is 50.3 Å². The molecule has 0 saturated carbocycles. The van der Waals surface area contributed by atoms with Crippen LogP contribution >= 0.6 is 34.7 Å². The number of methoxy groups -OCH3 is 2. The van der Waals surface area contributed by atoms with Gasteiger partial charge in [-0.05, 0) is 62.1 Å². The highest BCUT2D eigenvalue weighted by atomic mass is 35.5. The van der Waals surface area contributed by atoms with Gasteiger partial charge in [-0.25, -0.2) is 4.79 Å². The third-order valence-corrected chi connectivity index (χ3v) is 9.14. The van der Waals surface area contributed by atoms with Crippen LogP contribution in [0.5, 0.6) is 11.5 Å². The highest BCUT2D eigenvalue weighted by molar-refractivity contribution is 7.99. The van der Waals surface area contributed by atoms with Crippen LogP contribution in [0.4, 0.5) is 5.00 Å². The molecule has 0 saturated heterocycles. The maximum atomic E-state index is 13.1. The molecule has 2 amide bonds. The summed E-state index contributed by atoms with van der Waals surface area (Å²) in [6.45, 7) is 2.04. The Balaban J connectivity index is 1.33. The lowest BCUT2D eigenvalue weighted by Gasteiger charge is -2.12. The number of thiophene rings is 1. The number of thioether (sulfide) groups is 1. The number of nitrogens with one attached hydrogen (secondary N) is 2. The van der Waals surface area contributed by atoms with E-state index in [0.717, 1.165) is 29.7 Å². The fourth-order valence-electron chi connectivity index (χ4n) is 4.79. The molecule has 0 bridgehead atoms. The first-order chi connectivity index (χ1) is 21.3. The van der Waals surface area contributed by atoms with Crippen molar-refractivity contribution in [1.82, 2.24) is 20.1 Å². The van der Waals surface area contributed by atoms with Crippen LogP contribution in [0.2, 0.25) is 5.02 Å². The third-order valence-electron chi connectivity index (χ3n) is 6.77. The molecular formula is C30H30ClN5O6S2. The number of rotatable bonds is 12. The summed E-state index contributed by atoms with van der Waals surface area (Å²) in [5.74, 6) is 0.302. The molecule has 2 N–H and O–H groups in total. The Morgan fingerprint density at radius 2 is 1.84 bits per heavy atom. The van der Waals surface area contributed by atoms with Crippen molar-refractivity contribution < 1.29 is 28.6 Å². The van der Waals surface area contributed by atoms with Crippen molar-refractivity contribution in [2.75, 3.05) is 31.9 Å². The second-order valence-electron chi connectivity index (χ2n) is 9.62. The molecule has 0 fully saturated rings. The van der Waals surface area contributed by atoms with Gasteiger partial charge in [-0.2, -0.15) is 0 Å². The molecule has 14 heteroatoms.